The maximum Gasteiger partial charge on any atom is 0.330 e. The maximum absolute atomic E-state index is 12.0. The second kappa shape index (κ2) is 6.15. The number of hydrogen-bond donors (Lipinski definition) is 2. The molecular formula is C15H25N3O3. The van der Waals surface area contributed by atoms with Crippen LogP contribution in [0.1, 0.15) is 38.2 Å². The van der Waals surface area contributed by atoms with Crippen LogP contribution in [0.2, 0.25) is 0 Å². The average Bonchev–Trinajstić information content (AvgIpc) is 2.41. The van der Waals surface area contributed by atoms with E-state index in [0.717, 1.165) is 23.8 Å². The molecule has 2 rings (SSSR count). The minimum Gasteiger partial charge on any atom is -0.389 e. The highest BCUT2D eigenvalue weighted by atomic mass is 16.3. The van der Waals surface area contributed by atoms with Gasteiger partial charge in [-0.2, -0.15) is 0 Å². The first-order chi connectivity index (χ1) is 9.82. The molecule has 1 aromatic heterocycles. The molecule has 1 aliphatic rings. The summed E-state index contributed by atoms with van der Waals surface area (Å²) in [5, 5.41) is 13.7. The van der Waals surface area contributed by atoms with Crippen molar-refractivity contribution in [1.82, 2.24) is 14.5 Å². The first-order valence-corrected chi connectivity index (χ1v) is 7.51. The normalized spacial score (nSPS) is 26.0. The molecule has 21 heavy (non-hydrogen) atoms. The molecule has 118 valence electrons. The number of hydrogen-bond acceptors (Lipinski definition) is 4. The summed E-state index contributed by atoms with van der Waals surface area (Å²) in [4.78, 5) is 23.6. The van der Waals surface area contributed by atoms with Gasteiger partial charge >= 0.3 is 5.69 Å². The van der Waals surface area contributed by atoms with E-state index in [1.165, 1.54) is 18.0 Å². The third-order valence-corrected chi connectivity index (χ3v) is 4.35. The summed E-state index contributed by atoms with van der Waals surface area (Å²) in [5.41, 5.74) is -0.756. The van der Waals surface area contributed by atoms with Gasteiger partial charge < -0.3 is 15.0 Å². The molecule has 0 saturated heterocycles. The van der Waals surface area contributed by atoms with Gasteiger partial charge in [-0.1, -0.05) is 19.8 Å². The van der Waals surface area contributed by atoms with E-state index in [0.29, 0.717) is 24.6 Å². The predicted molar refractivity (Wildman–Crippen MR) is 81.2 cm³/mol. The van der Waals surface area contributed by atoms with Crippen LogP contribution in [-0.2, 0) is 20.6 Å². The molecule has 0 bridgehead atoms. The lowest BCUT2D eigenvalue weighted by atomic mass is 9.79. The summed E-state index contributed by atoms with van der Waals surface area (Å²) < 4.78 is 2.50. The quantitative estimate of drug-likeness (QED) is 0.827. The van der Waals surface area contributed by atoms with Crippen LogP contribution in [0, 0.1) is 5.92 Å². The van der Waals surface area contributed by atoms with Gasteiger partial charge in [-0.05, 0) is 18.8 Å². The molecule has 1 aliphatic carbocycles. The fourth-order valence-electron chi connectivity index (χ4n) is 3.23. The molecule has 2 unspecified atom stereocenters. The highest BCUT2D eigenvalue weighted by molar-refractivity contribution is 5.05. The Morgan fingerprint density at radius 1 is 1.43 bits per heavy atom. The smallest absolute Gasteiger partial charge is 0.330 e. The lowest BCUT2D eigenvalue weighted by molar-refractivity contribution is -0.0119. The van der Waals surface area contributed by atoms with Crippen molar-refractivity contribution in [1.29, 1.82) is 0 Å². The summed E-state index contributed by atoms with van der Waals surface area (Å²) in [6, 6.07) is 0. The van der Waals surface area contributed by atoms with Crippen molar-refractivity contribution in [2.45, 2.75) is 44.8 Å². The zero-order valence-corrected chi connectivity index (χ0v) is 13.1. The third-order valence-electron chi connectivity index (χ3n) is 4.35. The van der Waals surface area contributed by atoms with Crippen molar-refractivity contribution in [3.8, 4) is 0 Å². The molecule has 0 amide bonds. The van der Waals surface area contributed by atoms with Gasteiger partial charge in [0.2, 0.25) is 0 Å². The van der Waals surface area contributed by atoms with Crippen molar-refractivity contribution in [3.63, 3.8) is 0 Å². The highest BCUT2D eigenvalue weighted by Crippen LogP contribution is 2.31. The van der Waals surface area contributed by atoms with E-state index in [-0.39, 0.29) is 11.2 Å². The Bertz CT molecular complexity index is 620. The lowest BCUT2D eigenvalue weighted by Crippen LogP contribution is -2.45. The molecule has 6 nitrogen and oxygen atoms in total. The number of aryl methyl sites for hydroxylation is 1. The van der Waals surface area contributed by atoms with Crippen molar-refractivity contribution in [3.05, 3.63) is 32.6 Å². The Morgan fingerprint density at radius 2 is 2.14 bits per heavy atom. The number of nitrogens with one attached hydrogen (secondary N) is 1. The van der Waals surface area contributed by atoms with Gasteiger partial charge in [0.1, 0.15) is 0 Å². The number of nitrogens with zero attached hydrogens (tertiary/aromatic N) is 2. The first kappa shape index (κ1) is 16.0. The summed E-state index contributed by atoms with van der Waals surface area (Å²) >= 11 is 0. The van der Waals surface area contributed by atoms with Crippen LogP contribution in [0.3, 0.4) is 0 Å². The highest BCUT2D eigenvalue weighted by Gasteiger charge is 2.32. The monoisotopic (exact) mass is 295 g/mol. The van der Waals surface area contributed by atoms with E-state index in [2.05, 4.69) is 12.2 Å². The molecule has 2 atom stereocenters. The molecular weight excluding hydrogens is 270 g/mol. The first-order valence-electron chi connectivity index (χ1n) is 7.51. The van der Waals surface area contributed by atoms with E-state index in [1.807, 2.05) is 0 Å². The summed E-state index contributed by atoms with van der Waals surface area (Å²) in [7, 11) is 3.10. The number of rotatable bonds is 4. The van der Waals surface area contributed by atoms with Crippen LogP contribution in [0.4, 0.5) is 0 Å². The minimum absolute atomic E-state index is 0.283. The Balaban J connectivity index is 2.01. The second-order valence-electron chi connectivity index (χ2n) is 6.44. The van der Waals surface area contributed by atoms with Crippen molar-refractivity contribution >= 4 is 0 Å². The van der Waals surface area contributed by atoms with Crippen LogP contribution >= 0.6 is 0 Å². The molecule has 1 heterocycles. The molecule has 0 aromatic carbocycles. The predicted octanol–water partition coefficient (Wildman–Crippen LogP) is 0.115. The van der Waals surface area contributed by atoms with Crippen LogP contribution in [0.15, 0.2) is 15.8 Å². The zero-order chi connectivity index (χ0) is 15.6. The van der Waals surface area contributed by atoms with Crippen molar-refractivity contribution < 1.29 is 5.11 Å². The topological polar surface area (TPSA) is 76.3 Å². The maximum atomic E-state index is 12.0. The van der Waals surface area contributed by atoms with Gasteiger partial charge in [0.15, 0.2) is 0 Å². The Kier molecular flexibility index (Phi) is 4.68. The summed E-state index contributed by atoms with van der Waals surface area (Å²) in [5.74, 6) is 0.538. The fourth-order valence-corrected chi connectivity index (χ4v) is 3.23. The van der Waals surface area contributed by atoms with Gasteiger partial charge in [0.25, 0.3) is 5.56 Å². The molecule has 0 aliphatic heterocycles. The molecule has 1 saturated carbocycles. The van der Waals surface area contributed by atoms with Gasteiger partial charge in [-0.25, -0.2) is 4.79 Å². The Hall–Kier alpha value is -1.40. The van der Waals surface area contributed by atoms with E-state index in [9.17, 15) is 14.7 Å². The standard InChI is InChI=1S/C15H25N3O3/c1-11-5-4-6-15(21,7-11)10-16-8-12-9-17(2)14(20)18(3)13(12)19/h9,11,16,21H,4-8,10H2,1-3H3. The number of aliphatic hydroxyl groups is 1. The van der Waals surface area contributed by atoms with Crippen LogP contribution < -0.4 is 16.6 Å². The molecule has 1 aromatic rings. The molecule has 0 spiro atoms. The van der Waals surface area contributed by atoms with Gasteiger partial charge in [-0.3, -0.25) is 9.36 Å². The fraction of sp³-hybridized carbons (Fsp3) is 0.733. The number of aromatic nitrogens is 2. The van der Waals surface area contributed by atoms with E-state index in [1.54, 1.807) is 13.2 Å². The van der Waals surface area contributed by atoms with Crippen LogP contribution in [0.5, 0.6) is 0 Å². The zero-order valence-electron chi connectivity index (χ0n) is 13.1. The largest absolute Gasteiger partial charge is 0.389 e. The average molecular weight is 295 g/mol. The molecule has 1 fully saturated rings. The van der Waals surface area contributed by atoms with Gasteiger partial charge in [-0.15, -0.1) is 0 Å². The molecule has 6 heteroatoms. The third kappa shape index (κ3) is 3.63. The van der Waals surface area contributed by atoms with Crippen molar-refractivity contribution in [2.75, 3.05) is 6.54 Å². The van der Waals surface area contributed by atoms with E-state index in [4.69, 9.17) is 0 Å². The molecule has 0 radical (unpaired) electrons. The lowest BCUT2D eigenvalue weighted by Gasteiger charge is -2.35. The van der Waals surface area contributed by atoms with E-state index < -0.39 is 5.60 Å². The van der Waals surface area contributed by atoms with Gasteiger partial charge in [0, 0.05) is 38.9 Å². The Labute approximate surface area is 124 Å². The minimum atomic E-state index is -0.677. The summed E-state index contributed by atoms with van der Waals surface area (Å²) in [6.45, 7) is 2.99. The van der Waals surface area contributed by atoms with Gasteiger partial charge in [0.05, 0.1) is 5.60 Å². The Morgan fingerprint density at radius 3 is 2.81 bits per heavy atom. The van der Waals surface area contributed by atoms with Crippen LogP contribution in [-0.4, -0.2) is 26.4 Å². The second-order valence-corrected chi connectivity index (χ2v) is 6.44. The van der Waals surface area contributed by atoms with Crippen molar-refractivity contribution in [2.24, 2.45) is 20.0 Å². The SMILES string of the molecule is CC1CCCC(O)(CNCc2cn(C)c(=O)n(C)c2=O)C1. The van der Waals surface area contributed by atoms with E-state index >= 15 is 0 Å². The molecule has 2 N–H and O–H groups in total. The summed E-state index contributed by atoms with van der Waals surface area (Å²) in [6.07, 6.45) is 5.37. The van der Waals surface area contributed by atoms with Crippen LogP contribution in [0.25, 0.3) is 0 Å².